The monoisotopic (exact) mass is 496 g/mol. The molecule has 2 amide bonds. The molecular formula is C34H28N2O2. The van der Waals surface area contributed by atoms with E-state index in [0.29, 0.717) is 16.8 Å². The molecule has 0 aliphatic carbocycles. The van der Waals surface area contributed by atoms with Gasteiger partial charge >= 0.3 is 0 Å². The molecule has 5 aromatic carbocycles. The van der Waals surface area contributed by atoms with E-state index in [1.807, 2.05) is 110 Å². The summed E-state index contributed by atoms with van der Waals surface area (Å²) in [4.78, 5) is 28.2. The van der Waals surface area contributed by atoms with Crippen LogP contribution in [0, 0.1) is 6.92 Å². The molecule has 0 saturated heterocycles. The molecule has 0 bridgehead atoms. The summed E-state index contributed by atoms with van der Waals surface area (Å²) < 4.78 is 0. The highest BCUT2D eigenvalue weighted by atomic mass is 16.2. The van der Waals surface area contributed by atoms with Crippen LogP contribution in [-0.2, 0) is 0 Å². The molecule has 0 atom stereocenters. The molecule has 4 heteroatoms. The molecule has 0 heterocycles. The van der Waals surface area contributed by atoms with Crippen molar-refractivity contribution in [2.45, 2.75) is 6.92 Å². The second kappa shape index (κ2) is 11.0. The van der Waals surface area contributed by atoms with Crippen LogP contribution < -0.4 is 10.2 Å². The van der Waals surface area contributed by atoms with Crippen LogP contribution in [0.15, 0.2) is 127 Å². The van der Waals surface area contributed by atoms with E-state index in [1.54, 1.807) is 36.2 Å². The zero-order valence-corrected chi connectivity index (χ0v) is 21.4. The van der Waals surface area contributed by atoms with E-state index in [-0.39, 0.29) is 11.8 Å². The molecule has 0 radical (unpaired) electrons. The van der Waals surface area contributed by atoms with Crippen molar-refractivity contribution < 1.29 is 9.59 Å². The molecular weight excluding hydrogens is 468 g/mol. The maximum Gasteiger partial charge on any atom is 0.258 e. The van der Waals surface area contributed by atoms with Crippen LogP contribution in [0.2, 0.25) is 0 Å². The largest absolute Gasteiger partial charge is 0.322 e. The first kappa shape index (κ1) is 24.7. The van der Waals surface area contributed by atoms with Gasteiger partial charge in [0.05, 0.1) is 5.69 Å². The lowest BCUT2D eigenvalue weighted by molar-refractivity contribution is 0.0991. The molecule has 0 spiro atoms. The van der Waals surface area contributed by atoms with Crippen LogP contribution in [0.1, 0.15) is 26.3 Å². The molecule has 0 aliphatic rings. The Morgan fingerprint density at radius 3 is 1.89 bits per heavy atom. The zero-order chi connectivity index (χ0) is 26.5. The average Bonchev–Trinajstić information content (AvgIpc) is 2.97. The van der Waals surface area contributed by atoms with E-state index in [0.717, 1.165) is 27.9 Å². The van der Waals surface area contributed by atoms with Crippen molar-refractivity contribution in [1.82, 2.24) is 0 Å². The van der Waals surface area contributed by atoms with Crippen molar-refractivity contribution in [2.24, 2.45) is 0 Å². The van der Waals surface area contributed by atoms with Gasteiger partial charge in [0.1, 0.15) is 0 Å². The van der Waals surface area contributed by atoms with Gasteiger partial charge in [-0.25, -0.2) is 0 Å². The van der Waals surface area contributed by atoms with Gasteiger partial charge in [-0.1, -0.05) is 96.6 Å². The normalized spacial score (nSPS) is 10.6. The number of carbonyl (C=O) groups is 2. The zero-order valence-electron chi connectivity index (χ0n) is 21.4. The molecule has 38 heavy (non-hydrogen) atoms. The van der Waals surface area contributed by atoms with Crippen LogP contribution in [0.5, 0.6) is 0 Å². The van der Waals surface area contributed by atoms with E-state index in [4.69, 9.17) is 0 Å². The molecule has 0 unspecified atom stereocenters. The van der Waals surface area contributed by atoms with Crippen LogP contribution in [0.4, 0.5) is 11.4 Å². The Kier molecular flexibility index (Phi) is 7.14. The third-order valence-electron chi connectivity index (χ3n) is 6.58. The van der Waals surface area contributed by atoms with Crippen LogP contribution in [-0.4, -0.2) is 18.9 Å². The highest BCUT2D eigenvalue weighted by Gasteiger charge is 2.18. The Bertz CT molecular complexity index is 1570. The van der Waals surface area contributed by atoms with Crippen LogP contribution in [0.3, 0.4) is 0 Å². The van der Waals surface area contributed by atoms with Gasteiger partial charge in [0.15, 0.2) is 0 Å². The summed E-state index contributed by atoms with van der Waals surface area (Å²) in [6.45, 7) is 2.04. The van der Waals surface area contributed by atoms with Gasteiger partial charge < -0.3 is 10.2 Å². The molecule has 5 rings (SSSR count). The van der Waals surface area contributed by atoms with Gasteiger partial charge in [-0.2, -0.15) is 0 Å². The Morgan fingerprint density at radius 2 is 1.18 bits per heavy atom. The van der Waals surface area contributed by atoms with E-state index in [9.17, 15) is 9.59 Å². The summed E-state index contributed by atoms with van der Waals surface area (Å²) in [5.74, 6) is -0.329. The van der Waals surface area contributed by atoms with E-state index in [2.05, 4.69) is 5.32 Å². The van der Waals surface area contributed by atoms with Gasteiger partial charge in [0.25, 0.3) is 11.8 Å². The maximum atomic E-state index is 13.3. The molecule has 4 nitrogen and oxygen atoms in total. The molecule has 186 valence electrons. The van der Waals surface area contributed by atoms with Crippen molar-refractivity contribution in [3.8, 4) is 22.3 Å². The first-order valence-electron chi connectivity index (χ1n) is 12.5. The SMILES string of the molecule is Cc1ccc(-c2ccccc2C(=O)Nc2ccc(C(=O)N(C)c3ccccc3-c3ccccc3)cc2)cc1. The van der Waals surface area contributed by atoms with Gasteiger partial charge in [-0.05, 0) is 60.0 Å². The first-order chi connectivity index (χ1) is 18.5. The average molecular weight is 497 g/mol. The smallest absolute Gasteiger partial charge is 0.258 e. The number of nitrogens with one attached hydrogen (secondary N) is 1. The Balaban J connectivity index is 1.33. The number of hydrogen-bond acceptors (Lipinski definition) is 2. The van der Waals surface area contributed by atoms with Gasteiger partial charge in [-0.15, -0.1) is 0 Å². The third kappa shape index (κ3) is 5.25. The number of anilines is 2. The summed E-state index contributed by atoms with van der Waals surface area (Å²) in [6, 6.07) is 40.6. The molecule has 0 aromatic heterocycles. The van der Waals surface area contributed by atoms with Crippen molar-refractivity contribution in [3.63, 3.8) is 0 Å². The minimum absolute atomic E-state index is 0.129. The van der Waals surface area contributed by atoms with E-state index < -0.39 is 0 Å². The highest BCUT2D eigenvalue weighted by molar-refractivity contribution is 6.10. The lowest BCUT2D eigenvalue weighted by atomic mass is 9.98. The number of rotatable bonds is 6. The molecule has 0 fully saturated rings. The quantitative estimate of drug-likeness (QED) is 0.260. The lowest BCUT2D eigenvalue weighted by Crippen LogP contribution is -2.26. The van der Waals surface area contributed by atoms with Crippen LogP contribution >= 0.6 is 0 Å². The van der Waals surface area contributed by atoms with Crippen molar-refractivity contribution >= 4 is 23.2 Å². The maximum absolute atomic E-state index is 13.3. The number of aryl methyl sites for hydroxylation is 1. The van der Waals surface area contributed by atoms with Gasteiger partial charge in [0, 0.05) is 29.4 Å². The van der Waals surface area contributed by atoms with E-state index in [1.165, 1.54) is 5.56 Å². The predicted octanol–water partition coefficient (Wildman–Crippen LogP) is 7.86. The second-order valence-corrected chi connectivity index (χ2v) is 9.19. The summed E-state index contributed by atoms with van der Waals surface area (Å²) in [7, 11) is 1.78. The minimum atomic E-state index is -0.200. The summed E-state index contributed by atoms with van der Waals surface area (Å²) in [5.41, 5.74) is 7.64. The van der Waals surface area contributed by atoms with Crippen molar-refractivity contribution in [3.05, 3.63) is 144 Å². The second-order valence-electron chi connectivity index (χ2n) is 9.19. The van der Waals surface area contributed by atoms with Gasteiger partial charge in [-0.3, -0.25) is 9.59 Å². The third-order valence-corrected chi connectivity index (χ3v) is 6.58. The fourth-order valence-electron chi connectivity index (χ4n) is 4.49. The predicted molar refractivity (Wildman–Crippen MR) is 156 cm³/mol. The Labute approximate surface area is 223 Å². The number of benzene rings is 5. The number of nitrogens with zero attached hydrogens (tertiary/aromatic N) is 1. The number of carbonyl (C=O) groups excluding carboxylic acids is 2. The fraction of sp³-hybridized carbons (Fsp3) is 0.0588. The Hall–Kier alpha value is -4.96. The van der Waals surface area contributed by atoms with Crippen molar-refractivity contribution in [1.29, 1.82) is 0 Å². The minimum Gasteiger partial charge on any atom is -0.322 e. The van der Waals surface area contributed by atoms with Crippen molar-refractivity contribution in [2.75, 3.05) is 17.3 Å². The number of amides is 2. The summed E-state index contributed by atoms with van der Waals surface area (Å²) in [6.07, 6.45) is 0. The molecule has 5 aromatic rings. The fourth-order valence-corrected chi connectivity index (χ4v) is 4.49. The topological polar surface area (TPSA) is 49.4 Å². The molecule has 0 aliphatic heterocycles. The highest BCUT2D eigenvalue weighted by Crippen LogP contribution is 2.31. The summed E-state index contributed by atoms with van der Waals surface area (Å²) in [5, 5.41) is 2.97. The van der Waals surface area contributed by atoms with E-state index >= 15 is 0 Å². The standard InChI is InChI=1S/C34H28N2O2/c1-24-16-18-26(19-17-24)29-12-6-7-14-31(29)33(37)35-28-22-20-27(21-23-28)34(38)36(2)32-15-9-8-13-30(32)25-10-4-3-5-11-25/h3-23H,1-2H3,(H,35,37). The van der Waals surface area contributed by atoms with Gasteiger partial charge in [0.2, 0.25) is 0 Å². The number of hydrogen-bond donors (Lipinski definition) is 1. The molecule has 0 saturated carbocycles. The Morgan fingerprint density at radius 1 is 0.605 bits per heavy atom. The lowest BCUT2D eigenvalue weighted by Gasteiger charge is -2.21. The number of para-hydroxylation sites is 1. The summed E-state index contributed by atoms with van der Waals surface area (Å²) >= 11 is 0. The molecule has 1 N–H and O–H groups in total. The van der Waals surface area contributed by atoms with Crippen LogP contribution in [0.25, 0.3) is 22.3 Å². The first-order valence-corrected chi connectivity index (χ1v) is 12.5.